The molecule has 4 saturated carbocycles. The number of amides is 1. The van der Waals surface area contributed by atoms with Crippen molar-refractivity contribution >= 4 is 11.9 Å². The SMILES string of the molecule is CCCNC(=O)COC(=O)C12C[C@H]3C[C@@H](C1)CC(c1ccccc1)(C3)C2. The van der Waals surface area contributed by atoms with Gasteiger partial charge in [0.05, 0.1) is 5.41 Å². The van der Waals surface area contributed by atoms with E-state index in [0.29, 0.717) is 18.4 Å². The van der Waals surface area contributed by atoms with Gasteiger partial charge in [0.25, 0.3) is 5.91 Å². The first-order valence-corrected chi connectivity index (χ1v) is 10.0. The minimum Gasteiger partial charge on any atom is -0.455 e. The molecule has 0 radical (unpaired) electrons. The molecule has 1 aromatic carbocycles. The molecular formula is C22H29NO3. The summed E-state index contributed by atoms with van der Waals surface area (Å²) >= 11 is 0. The smallest absolute Gasteiger partial charge is 0.312 e. The molecule has 4 bridgehead atoms. The zero-order valence-electron chi connectivity index (χ0n) is 15.6. The summed E-state index contributed by atoms with van der Waals surface area (Å²) in [7, 11) is 0. The fourth-order valence-electron chi connectivity index (χ4n) is 6.23. The maximum Gasteiger partial charge on any atom is 0.312 e. The second-order valence-electron chi connectivity index (χ2n) is 8.81. The highest BCUT2D eigenvalue weighted by atomic mass is 16.5. The molecule has 5 rings (SSSR count). The third-order valence-corrected chi connectivity index (χ3v) is 6.79. The molecule has 140 valence electrons. The van der Waals surface area contributed by atoms with E-state index in [2.05, 4.69) is 35.6 Å². The molecular weight excluding hydrogens is 326 g/mol. The van der Waals surface area contributed by atoms with E-state index < -0.39 is 0 Å². The molecule has 4 nitrogen and oxygen atoms in total. The van der Waals surface area contributed by atoms with Crippen LogP contribution in [0.4, 0.5) is 0 Å². The van der Waals surface area contributed by atoms with Gasteiger partial charge in [-0.1, -0.05) is 37.3 Å². The summed E-state index contributed by atoms with van der Waals surface area (Å²) in [6.07, 6.45) is 7.28. The van der Waals surface area contributed by atoms with Gasteiger partial charge in [-0.05, 0) is 67.8 Å². The Morgan fingerprint density at radius 3 is 2.46 bits per heavy atom. The van der Waals surface area contributed by atoms with E-state index in [1.54, 1.807) is 0 Å². The molecule has 0 saturated heterocycles. The van der Waals surface area contributed by atoms with Crippen molar-refractivity contribution in [3.8, 4) is 0 Å². The highest BCUT2D eigenvalue weighted by Gasteiger charge is 2.61. The van der Waals surface area contributed by atoms with Gasteiger partial charge in [0.15, 0.2) is 6.61 Å². The highest BCUT2D eigenvalue weighted by Crippen LogP contribution is 2.66. The molecule has 0 spiro atoms. The lowest BCUT2D eigenvalue weighted by atomic mass is 9.43. The normalized spacial score (nSPS) is 34.5. The highest BCUT2D eigenvalue weighted by molar-refractivity contribution is 5.83. The van der Waals surface area contributed by atoms with Gasteiger partial charge in [0.1, 0.15) is 0 Å². The van der Waals surface area contributed by atoms with E-state index >= 15 is 0 Å². The number of carbonyl (C=O) groups is 2. The molecule has 2 unspecified atom stereocenters. The quantitative estimate of drug-likeness (QED) is 0.794. The summed E-state index contributed by atoms with van der Waals surface area (Å²) in [5.41, 5.74) is 1.12. The summed E-state index contributed by atoms with van der Waals surface area (Å²) in [5.74, 6) is 0.886. The van der Waals surface area contributed by atoms with Crippen LogP contribution >= 0.6 is 0 Å². The van der Waals surface area contributed by atoms with Crippen molar-refractivity contribution in [2.45, 2.75) is 57.3 Å². The average Bonchev–Trinajstić information content (AvgIpc) is 2.64. The Morgan fingerprint density at radius 1 is 1.12 bits per heavy atom. The van der Waals surface area contributed by atoms with E-state index in [-0.39, 0.29) is 29.3 Å². The maximum absolute atomic E-state index is 13.0. The van der Waals surface area contributed by atoms with Crippen LogP contribution in [0.1, 0.15) is 57.4 Å². The monoisotopic (exact) mass is 355 g/mol. The summed E-state index contributed by atoms with van der Waals surface area (Å²) in [5, 5.41) is 2.78. The van der Waals surface area contributed by atoms with Crippen LogP contribution in [-0.2, 0) is 19.7 Å². The van der Waals surface area contributed by atoms with Crippen LogP contribution in [0.3, 0.4) is 0 Å². The number of ether oxygens (including phenoxy) is 1. The molecule has 1 N–H and O–H groups in total. The van der Waals surface area contributed by atoms with E-state index in [4.69, 9.17) is 4.74 Å². The minimum atomic E-state index is -0.384. The second-order valence-corrected chi connectivity index (χ2v) is 8.81. The number of hydrogen-bond donors (Lipinski definition) is 1. The average molecular weight is 355 g/mol. The number of rotatable bonds is 6. The van der Waals surface area contributed by atoms with Crippen molar-refractivity contribution in [2.75, 3.05) is 13.2 Å². The Kier molecular flexibility index (Phi) is 4.54. The number of nitrogens with one attached hydrogen (secondary N) is 1. The lowest BCUT2D eigenvalue weighted by molar-refractivity contribution is -0.175. The number of benzene rings is 1. The molecule has 1 amide bonds. The summed E-state index contributed by atoms with van der Waals surface area (Å²) in [4.78, 5) is 24.9. The topological polar surface area (TPSA) is 55.4 Å². The van der Waals surface area contributed by atoms with E-state index in [9.17, 15) is 9.59 Å². The molecule has 26 heavy (non-hydrogen) atoms. The van der Waals surface area contributed by atoms with Crippen molar-refractivity contribution in [2.24, 2.45) is 17.3 Å². The van der Waals surface area contributed by atoms with E-state index in [0.717, 1.165) is 25.7 Å². The first kappa shape index (κ1) is 17.6. The minimum absolute atomic E-state index is 0.120. The van der Waals surface area contributed by atoms with Crippen LogP contribution in [0, 0.1) is 17.3 Å². The Morgan fingerprint density at radius 2 is 1.81 bits per heavy atom. The zero-order valence-corrected chi connectivity index (χ0v) is 15.6. The first-order valence-electron chi connectivity index (χ1n) is 10.0. The molecule has 0 heterocycles. The molecule has 4 fully saturated rings. The van der Waals surface area contributed by atoms with Crippen molar-refractivity contribution in [3.05, 3.63) is 35.9 Å². The van der Waals surface area contributed by atoms with Crippen LogP contribution in [0.2, 0.25) is 0 Å². The molecule has 4 aliphatic carbocycles. The van der Waals surface area contributed by atoms with Crippen molar-refractivity contribution in [3.63, 3.8) is 0 Å². The molecule has 1 aromatic rings. The third kappa shape index (κ3) is 3.04. The number of carbonyl (C=O) groups excluding carboxylic acids is 2. The second kappa shape index (κ2) is 6.71. The fourth-order valence-corrected chi connectivity index (χ4v) is 6.23. The molecule has 4 heteroatoms. The fraction of sp³-hybridized carbons (Fsp3) is 0.636. The van der Waals surface area contributed by atoms with Gasteiger partial charge >= 0.3 is 5.97 Å². The van der Waals surface area contributed by atoms with Gasteiger partial charge in [-0.3, -0.25) is 9.59 Å². The standard InChI is InChI=1S/C22H29NO3/c1-2-8-23-19(24)14-26-20(25)22-12-16-9-17(13-22)11-21(10-16,15-22)18-6-4-3-5-7-18/h3-7,16-17H,2,8-15H2,1H3,(H,23,24)/t16-,17+,21?,22?. The van der Waals surface area contributed by atoms with Crippen molar-refractivity contribution < 1.29 is 14.3 Å². The predicted molar refractivity (Wildman–Crippen MR) is 99.5 cm³/mol. The lowest BCUT2D eigenvalue weighted by Crippen LogP contribution is -2.57. The molecule has 4 atom stereocenters. The summed E-state index contributed by atoms with van der Waals surface area (Å²) < 4.78 is 5.52. The van der Waals surface area contributed by atoms with Crippen LogP contribution in [0.25, 0.3) is 0 Å². The number of hydrogen-bond acceptors (Lipinski definition) is 3. The Balaban J connectivity index is 1.51. The summed E-state index contributed by atoms with van der Waals surface area (Å²) in [6.45, 7) is 2.49. The van der Waals surface area contributed by atoms with Gasteiger partial charge < -0.3 is 10.1 Å². The van der Waals surface area contributed by atoms with Crippen molar-refractivity contribution in [1.29, 1.82) is 0 Å². The molecule has 4 aliphatic rings. The van der Waals surface area contributed by atoms with Crippen molar-refractivity contribution in [1.82, 2.24) is 5.32 Å². The number of esters is 1. The third-order valence-electron chi connectivity index (χ3n) is 6.79. The Labute approximate surface area is 155 Å². The van der Waals surface area contributed by atoms with E-state index in [1.165, 1.54) is 24.8 Å². The van der Waals surface area contributed by atoms with Gasteiger partial charge in [-0.2, -0.15) is 0 Å². The molecule has 0 aliphatic heterocycles. The van der Waals surface area contributed by atoms with Crippen LogP contribution in [-0.4, -0.2) is 25.0 Å². The first-order chi connectivity index (χ1) is 12.6. The predicted octanol–water partition coefficient (Wildman–Crippen LogP) is 3.59. The largest absolute Gasteiger partial charge is 0.455 e. The van der Waals surface area contributed by atoms with Gasteiger partial charge in [0.2, 0.25) is 0 Å². The van der Waals surface area contributed by atoms with Gasteiger partial charge in [0, 0.05) is 6.54 Å². The van der Waals surface area contributed by atoms with E-state index in [1.807, 2.05) is 6.92 Å². The van der Waals surface area contributed by atoms with Crippen LogP contribution in [0.15, 0.2) is 30.3 Å². The summed E-state index contributed by atoms with van der Waals surface area (Å²) in [6, 6.07) is 10.7. The Bertz CT molecular complexity index is 670. The van der Waals surface area contributed by atoms with Crippen LogP contribution < -0.4 is 5.32 Å². The molecule has 0 aromatic heterocycles. The Hall–Kier alpha value is -1.84. The van der Waals surface area contributed by atoms with Gasteiger partial charge in [-0.15, -0.1) is 0 Å². The maximum atomic E-state index is 13.0. The van der Waals surface area contributed by atoms with Crippen LogP contribution in [0.5, 0.6) is 0 Å². The zero-order chi connectivity index (χ0) is 18.2. The van der Waals surface area contributed by atoms with Gasteiger partial charge in [-0.25, -0.2) is 0 Å². The lowest BCUT2D eigenvalue weighted by Gasteiger charge is -2.61.